The predicted octanol–water partition coefficient (Wildman–Crippen LogP) is 13.5. The van der Waals surface area contributed by atoms with Crippen molar-refractivity contribution in [3.63, 3.8) is 0 Å². The minimum absolute atomic E-state index is 0.889. The zero-order valence-electron chi connectivity index (χ0n) is 28.5. The second-order valence-corrected chi connectivity index (χ2v) is 14.0. The molecule has 0 radical (unpaired) electrons. The van der Waals surface area contributed by atoms with Gasteiger partial charge in [-0.3, -0.25) is 0 Å². The van der Waals surface area contributed by atoms with Crippen LogP contribution in [0.2, 0.25) is 0 Å². The highest BCUT2D eigenvalue weighted by Gasteiger charge is 2.05. The van der Waals surface area contributed by atoms with Crippen molar-refractivity contribution in [3.05, 3.63) is 0 Å². The first-order valence-electron chi connectivity index (χ1n) is 18.8. The highest BCUT2D eigenvalue weighted by atomic mass is 15.1. The monoisotopic (exact) mass is 550 g/mol. The zero-order valence-corrected chi connectivity index (χ0v) is 28.5. The van der Waals surface area contributed by atoms with Crippen molar-refractivity contribution in [3.8, 4) is 0 Å². The van der Waals surface area contributed by atoms with Crippen molar-refractivity contribution >= 4 is 0 Å². The third-order valence-corrected chi connectivity index (χ3v) is 8.84. The summed E-state index contributed by atoms with van der Waals surface area (Å²) in [5.74, 6) is 1.78. The van der Waals surface area contributed by atoms with Crippen molar-refractivity contribution in [1.29, 1.82) is 0 Å². The first-order chi connectivity index (χ1) is 19.1. The van der Waals surface area contributed by atoms with Gasteiger partial charge in [0.15, 0.2) is 0 Å². The molecular weight excluding hydrogens is 470 g/mol. The van der Waals surface area contributed by atoms with Gasteiger partial charge in [-0.25, -0.2) is 0 Å². The standard InChI is InChI=1S/C38H79N/c1-6-7-8-9-24-29-34-39(35-30-25-20-16-12-10-14-18-22-27-32-37(2)3)36-31-26-21-17-13-11-15-19-23-28-33-38(4)5/h37-38H,6-36H2,1-5H3. The molecule has 0 aromatic rings. The summed E-state index contributed by atoms with van der Waals surface area (Å²) in [4.78, 5) is 2.84. The molecule has 0 spiro atoms. The van der Waals surface area contributed by atoms with E-state index in [0.29, 0.717) is 0 Å². The van der Waals surface area contributed by atoms with E-state index in [9.17, 15) is 0 Å². The molecule has 0 saturated carbocycles. The first kappa shape index (κ1) is 39.0. The summed E-state index contributed by atoms with van der Waals surface area (Å²) in [6.45, 7) is 15.8. The Morgan fingerprint density at radius 2 is 0.538 bits per heavy atom. The summed E-state index contributed by atoms with van der Waals surface area (Å²) >= 11 is 0. The van der Waals surface area contributed by atoms with Gasteiger partial charge in [0.25, 0.3) is 0 Å². The van der Waals surface area contributed by atoms with Gasteiger partial charge in [-0.15, -0.1) is 0 Å². The van der Waals surface area contributed by atoms with Crippen molar-refractivity contribution in [2.75, 3.05) is 19.6 Å². The van der Waals surface area contributed by atoms with Crippen molar-refractivity contribution in [2.45, 2.75) is 214 Å². The number of hydrogen-bond donors (Lipinski definition) is 0. The molecule has 0 aliphatic heterocycles. The number of unbranched alkanes of at least 4 members (excludes halogenated alkanes) is 23. The van der Waals surface area contributed by atoms with E-state index in [1.165, 1.54) is 199 Å². The van der Waals surface area contributed by atoms with Crippen LogP contribution in [0.1, 0.15) is 214 Å². The van der Waals surface area contributed by atoms with E-state index in [-0.39, 0.29) is 0 Å². The third kappa shape index (κ3) is 34.1. The van der Waals surface area contributed by atoms with E-state index in [2.05, 4.69) is 39.5 Å². The van der Waals surface area contributed by atoms with Crippen molar-refractivity contribution in [2.24, 2.45) is 11.8 Å². The van der Waals surface area contributed by atoms with Crippen LogP contribution < -0.4 is 0 Å². The fourth-order valence-electron chi connectivity index (χ4n) is 6.06. The quantitative estimate of drug-likeness (QED) is 0.0736. The second kappa shape index (κ2) is 32.5. The van der Waals surface area contributed by atoms with E-state index >= 15 is 0 Å². The molecule has 0 aliphatic rings. The Morgan fingerprint density at radius 3 is 0.795 bits per heavy atom. The van der Waals surface area contributed by atoms with Crippen LogP contribution in [-0.4, -0.2) is 24.5 Å². The predicted molar refractivity (Wildman–Crippen MR) is 181 cm³/mol. The first-order valence-corrected chi connectivity index (χ1v) is 18.8. The molecule has 0 N–H and O–H groups in total. The van der Waals surface area contributed by atoms with Crippen molar-refractivity contribution < 1.29 is 0 Å². The second-order valence-electron chi connectivity index (χ2n) is 14.0. The SMILES string of the molecule is CCCCCCCCN(CCCCCCCCCCCCC(C)C)CCCCCCCCCCCCC(C)C. The van der Waals surface area contributed by atoms with Gasteiger partial charge in [-0.1, -0.05) is 195 Å². The molecule has 0 aliphatic carbocycles. The van der Waals surface area contributed by atoms with Crippen LogP contribution in [0.4, 0.5) is 0 Å². The maximum Gasteiger partial charge on any atom is -0.00187 e. The lowest BCUT2D eigenvalue weighted by atomic mass is 10.0. The molecule has 0 saturated heterocycles. The van der Waals surface area contributed by atoms with Gasteiger partial charge in [0, 0.05) is 0 Å². The van der Waals surface area contributed by atoms with Gasteiger partial charge >= 0.3 is 0 Å². The molecule has 39 heavy (non-hydrogen) atoms. The zero-order chi connectivity index (χ0) is 28.7. The van der Waals surface area contributed by atoms with E-state index in [1.807, 2.05) is 0 Å². The molecule has 0 rings (SSSR count). The highest BCUT2D eigenvalue weighted by molar-refractivity contribution is 4.61. The Bertz CT molecular complexity index is 396. The lowest BCUT2D eigenvalue weighted by Gasteiger charge is -2.22. The summed E-state index contributed by atoms with van der Waals surface area (Å²) in [7, 11) is 0. The fraction of sp³-hybridized carbons (Fsp3) is 1.00. The van der Waals surface area contributed by atoms with Crippen molar-refractivity contribution in [1.82, 2.24) is 4.90 Å². The van der Waals surface area contributed by atoms with E-state index in [4.69, 9.17) is 0 Å². The molecule has 0 amide bonds. The van der Waals surface area contributed by atoms with Crippen LogP contribution in [0.5, 0.6) is 0 Å². The molecule has 0 heterocycles. The molecule has 1 nitrogen and oxygen atoms in total. The number of rotatable bonds is 33. The fourth-order valence-corrected chi connectivity index (χ4v) is 6.06. The summed E-state index contributed by atoms with van der Waals surface area (Å²) in [5.41, 5.74) is 0. The smallest absolute Gasteiger partial charge is 0.00187 e. The molecule has 0 atom stereocenters. The van der Waals surface area contributed by atoms with Gasteiger partial charge < -0.3 is 4.90 Å². The van der Waals surface area contributed by atoms with Gasteiger partial charge in [-0.2, -0.15) is 0 Å². The van der Waals surface area contributed by atoms with E-state index in [0.717, 1.165) is 11.8 Å². The molecule has 0 unspecified atom stereocenters. The Kier molecular flexibility index (Phi) is 32.4. The van der Waals surface area contributed by atoms with Crippen LogP contribution >= 0.6 is 0 Å². The summed E-state index contributed by atoms with van der Waals surface area (Å²) in [6.07, 6.45) is 40.7. The Balaban J connectivity index is 3.78. The highest BCUT2D eigenvalue weighted by Crippen LogP contribution is 2.16. The summed E-state index contributed by atoms with van der Waals surface area (Å²) < 4.78 is 0. The average Bonchev–Trinajstić information content (AvgIpc) is 2.90. The topological polar surface area (TPSA) is 3.24 Å². The van der Waals surface area contributed by atoms with Gasteiger partial charge in [-0.05, 0) is 50.7 Å². The van der Waals surface area contributed by atoms with Crippen LogP contribution in [0.15, 0.2) is 0 Å². The molecule has 236 valence electrons. The minimum atomic E-state index is 0.889. The van der Waals surface area contributed by atoms with Gasteiger partial charge in [0.2, 0.25) is 0 Å². The normalized spacial score (nSPS) is 12.0. The van der Waals surface area contributed by atoms with Crippen LogP contribution in [-0.2, 0) is 0 Å². The number of hydrogen-bond acceptors (Lipinski definition) is 1. The van der Waals surface area contributed by atoms with E-state index < -0.39 is 0 Å². The Hall–Kier alpha value is -0.0400. The maximum atomic E-state index is 2.84. The number of nitrogens with zero attached hydrogens (tertiary/aromatic N) is 1. The van der Waals surface area contributed by atoms with Gasteiger partial charge in [0.05, 0.1) is 0 Å². The third-order valence-electron chi connectivity index (χ3n) is 8.84. The molecule has 1 heteroatoms. The lowest BCUT2D eigenvalue weighted by Crippen LogP contribution is -2.27. The van der Waals surface area contributed by atoms with Crippen LogP contribution in [0, 0.1) is 11.8 Å². The molecule has 0 aromatic carbocycles. The van der Waals surface area contributed by atoms with Gasteiger partial charge in [0.1, 0.15) is 0 Å². The molecule has 0 aromatic heterocycles. The Labute approximate surface area is 250 Å². The van der Waals surface area contributed by atoms with E-state index in [1.54, 1.807) is 0 Å². The van der Waals surface area contributed by atoms with Crippen LogP contribution in [0.3, 0.4) is 0 Å². The average molecular weight is 550 g/mol. The molecule has 0 fully saturated rings. The largest absolute Gasteiger partial charge is 0.303 e. The summed E-state index contributed by atoms with van der Waals surface area (Å²) in [5, 5.41) is 0. The van der Waals surface area contributed by atoms with Crippen LogP contribution in [0.25, 0.3) is 0 Å². The molecule has 0 bridgehead atoms. The Morgan fingerprint density at radius 1 is 0.308 bits per heavy atom. The lowest BCUT2D eigenvalue weighted by molar-refractivity contribution is 0.254. The summed E-state index contributed by atoms with van der Waals surface area (Å²) in [6, 6.07) is 0. The molecular formula is C38H79N. The maximum absolute atomic E-state index is 2.84. The minimum Gasteiger partial charge on any atom is -0.303 e.